The van der Waals surface area contributed by atoms with Crippen LogP contribution in [0.3, 0.4) is 0 Å². The molecule has 0 aliphatic heterocycles. The first-order valence-corrected chi connectivity index (χ1v) is 7.14. The zero-order valence-corrected chi connectivity index (χ0v) is 11.5. The van der Waals surface area contributed by atoms with Crippen LogP contribution in [0.2, 0.25) is 0 Å². The Balaban J connectivity index is 2.24. The summed E-state index contributed by atoms with van der Waals surface area (Å²) in [6.07, 6.45) is 6.22. The maximum absolute atomic E-state index is 6.15. The lowest BCUT2D eigenvalue weighted by atomic mass is 9.77. The molecule has 2 nitrogen and oxygen atoms in total. The normalized spacial score (nSPS) is 30.6. The summed E-state index contributed by atoms with van der Waals surface area (Å²) in [5.74, 6) is 1.55. The molecule has 3 heteroatoms. The molecule has 0 radical (unpaired) electrons. The third kappa shape index (κ3) is 4.60. The predicted octanol–water partition coefficient (Wildman–Crippen LogP) is 3.19. The number of alkyl halides is 1. The molecule has 2 atom stereocenters. The topological polar surface area (TPSA) is 21.3 Å². The fourth-order valence-electron chi connectivity index (χ4n) is 2.66. The SMILES string of the molecule is CCOCCCNC1(CCl)CCCC(C)C1. The third-order valence-corrected chi connectivity index (χ3v) is 4.03. The summed E-state index contributed by atoms with van der Waals surface area (Å²) in [6.45, 7) is 7.08. The Labute approximate surface area is 105 Å². The summed E-state index contributed by atoms with van der Waals surface area (Å²) >= 11 is 6.15. The highest BCUT2D eigenvalue weighted by atomic mass is 35.5. The molecule has 96 valence electrons. The number of rotatable bonds is 7. The lowest BCUT2D eigenvalue weighted by molar-refractivity contribution is 0.138. The molecule has 1 aliphatic rings. The van der Waals surface area contributed by atoms with E-state index in [1.807, 2.05) is 6.92 Å². The number of halogens is 1. The van der Waals surface area contributed by atoms with Gasteiger partial charge in [-0.15, -0.1) is 11.6 Å². The number of hydrogen-bond donors (Lipinski definition) is 1. The van der Waals surface area contributed by atoms with E-state index in [1.165, 1.54) is 25.7 Å². The highest BCUT2D eigenvalue weighted by Crippen LogP contribution is 2.33. The molecule has 0 heterocycles. The van der Waals surface area contributed by atoms with Crippen molar-refractivity contribution >= 4 is 11.6 Å². The molecular formula is C13H26ClNO. The average molecular weight is 248 g/mol. The second-order valence-electron chi connectivity index (χ2n) is 5.09. The van der Waals surface area contributed by atoms with Gasteiger partial charge in [0.05, 0.1) is 0 Å². The Bertz CT molecular complexity index is 189. The van der Waals surface area contributed by atoms with Gasteiger partial charge in [0.25, 0.3) is 0 Å². The van der Waals surface area contributed by atoms with Gasteiger partial charge in [-0.25, -0.2) is 0 Å². The van der Waals surface area contributed by atoms with Crippen molar-refractivity contribution in [2.24, 2.45) is 5.92 Å². The first kappa shape index (κ1) is 14.3. The number of nitrogens with one attached hydrogen (secondary N) is 1. The molecule has 0 bridgehead atoms. The molecule has 1 N–H and O–H groups in total. The van der Waals surface area contributed by atoms with E-state index in [4.69, 9.17) is 16.3 Å². The van der Waals surface area contributed by atoms with E-state index in [-0.39, 0.29) is 5.54 Å². The average Bonchev–Trinajstić information content (AvgIpc) is 2.29. The van der Waals surface area contributed by atoms with Crippen molar-refractivity contribution in [3.8, 4) is 0 Å². The second-order valence-corrected chi connectivity index (χ2v) is 5.36. The molecule has 1 rings (SSSR count). The first-order valence-electron chi connectivity index (χ1n) is 6.61. The van der Waals surface area contributed by atoms with Gasteiger partial charge < -0.3 is 10.1 Å². The smallest absolute Gasteiger partial charge is 0.0477 e. The zero-order chi connectivity index (χ0) is 11.9. The van der Waals surface area contributed by atoms with Crippen molar-refractivity contribution < 1.29 is 4.74 Å². The van der Waals surface area contributed by atoms with Crippen LogP contribution in [0.5, 0.6) is 0 Å². The molecule has 0 aromatic carbocycles. The minimum absolute atomic E-state index is 0.200. The fraction of sp³-hybridized carbons (Fsp3) is 1.00. The summed E-state index contributed by atoms with van der Waals surface area (Å²) in [5.41, 5.74) is 0.200. The maximum atomic E-state index is 6.15. The molecule has 1 aliphatic carbocycles. The van der Waals surface area contributed by atoms with Crippen LogP contribution in [0.25, 0.3) is 0 Å². The predicted molar refractivity (Wildman–Crippen MR) is 70.2 cm³/mol. The van der Waals surface area contributed by atoms with Crippen LogP contribution >= 0.6 is 11.6 Å². The molecule has 0 spiro atoms. The highest BCUT2D eigenvalue weighted by molar-refractivity contribution is 6.18. The van der Waals surface area contributed by atoms with Gasteiger partial charge in [0.15, 0.2) is 0 Å². The van der Waals surface area contributed by atoms with Crippen molar-refractivity contribution in [3.63, 3.8) is 0 Å². The van der Waals surface area contributed by atoms with Crippen molar-refractivity contribution in [2.75, 3.05) is 25.6 Å². The standard InChI is InChI=1S/C13H26ClNO/c1-3-16-9-5-8-15-13(11-14)7-4-6-12(2)10-13/h12,15H,3-11H2,1-2H3. The quantitative estimate of drug-likeness (QED) is 0.551. The van der Waals surface area contributed by atoms with Crippen LogP contribution < -0.4 is 5.32 Å². The highest BCUT2D eigenvalue weighted by Gasteiger charge is 2.33. The molecule has 0 aromatic rings. The molecule has 0 saturated heterocycles. The van der Waals surface area contributed by atoms with Gasteiger partial charge in [0.1, 0.15) is 0 Å². The Morgan fingerprint density at radius 3 is 2.94 bits per heavy atom. The van der Waals surface area contributed by atoms with E-state index in [9.17, 15) is 0 Å². The lowest BCUT2D eigenvalue weighted by Gasteiger charge is -2.39. The molecular weight excluding hydrogens is 222 g/mol. The van der Waals surface area contributed by atoms with Gasteiger partial charge in [-0.05, 0) is 38.6 Å². The van der Waals surface area contributed by atoms with Crippen molar-refractivity contribution in [1.82, 2.24) is 5.32 Å². The third-order valence-electron chi connectivity index (χ3n) is 3.52. The summed E-state index contributed by atoms with van der Waals surface area (Å²) in [5, 5.41) is 3.66. The van der Waals surface area contributed by atoms with E-state index in [1.54, 1.807) is 0 Å². The Morgan fingerprint density at radius 2 is 2.31 bits per heavy atom. The van der Waals surface area contributed by atoms with Crippen LogP contribution in [0.15, 0.2) is 0 Å². The van der Waals surface area contributed by atoms with E-state index in [0.717, 1.165) is 38.0 Å². The summed E-state index contributed by atoms with van der Waals surface area (Å²) < 4.78 is 5.34. The molecule has 1 fully saturated rings. The van der Waals surface area contributed by atoms with Crippen LogP contribution in [0, 0.1) is 5.92 Å². The van der Waals surface area contributed by atoms with Crippen LogP contribution in [-0.2, 0) is 4.74 Å². The number of ether oxygens (including phenoxy) is 1. The van der Waals surface area contributed by atoms with E-state index < -0.39 is 0 Å². The van der Waals surface area contributed by atoms with Crippen molar-refractivity contribution in [1.29, 1.82) is 0 Å². The van der Waals surface area contributed by atoms with Crippen molar-refractivity contribution in [3.05, 3.63) is 0 Å². The molecule has 0 amide bonds. The monoisotopic (exact) mass is 247 g/mol. The van der Waals surface area contributed by atoms with Gasteiger partial charge in [-0.2, -0.15) is 0 Å². The second kappa shape index (κ2) is 7.52. The Hall–Kier alpha value is 0.210. The molecule has 16 heavy (non-hydrogen) atoms. The minimum Gasteiger partial charge on any atom is -0.382 e. The van der Waals surface area contributed by atoms with E-state index in [2.05, 4.69) is 12.2 Å². The summed E-state index contributed by atoms with van der Waals surface area (Å²) in [4.78, 5) is 0. The van der Waals surface area contributed by atoms with Gasteiger partial charge >= 0.3 is 0 Å². The molecule has 0 aromatic heterocycles. The summed E-state index contributed by atoms with van der Waals surface area (Å²) in [7, 11) is 0. The Kier molecular flexibility index (Phi) is 6.71. The van der Waals surface area contributed by atoms with Crippen molar-refractivity contribution in [2.45, 2.75) is 51.5 Å². The lowest BCUT2D eigenvalue weighted by Crippen LogP contribution is -2.50. The van der Waals surface area contributed by atoms with E-state index >= 15 is 0 Å². The van der Waals surface area contributed by atoms with Crippen LogP contribution in [0.4, 0.5) is 0 Å². The zero-order valence-electron chi connectivity index (χ0n) is 10.7. The molecule has 1 saturated carbocycles. The summed E-state index contributed by atoms with van der Waals surface area (Å²) in [6, 6.07) is 0. The van der Waals surface area contributed by atoms with Crippen LogP contribution in [0.1, 0.15) is 46.0 Å². The van der Waals surface area contributed by atoms with Gasteiger partial charge in [0.2, 0.25) is 0 Å². The van der Waals surface area contributed by atoms with Gasteiger partial charge in [0, 0.05) is 24.6 Å². The fourth-order valence-corrected chi connectivity index (χ4v) is 3.00. The van der Waals surface area contributed by atoms with Gasteiger partial charge in [-0.3, -0.25) is 0 Å². The largest absolute Gasteiger partial charge is 0.382 e. The minimum atomic E-state index is 0.200. The maximum Gasteiger partial charge on any atom is 0.0477 e. The Morgan fingerprint density at radius 1 is 1.50 bits per heavy atom. The first-order chi connectivity index (χ1) is 7.72. The number of hydrogen-bond acceptors (Lipinski definition) is 2. The van der Waals surface area contributed by atoms with E-state index in [0.29, 0.717) is 0 Å². The van der Waals surface area contributed by atoms with Gasteiger partial charge in [-0.1, -0.05) is 19.8 Å². The molecule has 2 unspecified atom stereocenters. The van der Waals surface area contributed by atoms with Crippen LogP contribution in [-0.4, -0.2) is 31.2 Å².